The first-order chi connectivity index (χ1) is 10.7. The molecule has 2 heteroatoms. The lowest BCUT2D eigenvalue weighted by Crippen LogP contribution is -2.46. The Labute approximate surface area is 144 Å². The molecule has 1 aromatic carbocycles. The molecule has 2 atom stereocenters. The normalized spacial score (nSPS) is 26.0. The Kier molecular flexibility index (Phi) is 5.98. The summed E-state index contributed by atoms with van der Waals surface area (Å²) in [7, 11) is 0. The van der Waals surface area contributed by atoms with Crippen molar-refractivity contribution in [2.45, 2.75) is 70.3 Å². The predicted molar refractivity (Wildman–Crippen MR) is 98.3 cm³/mol. The fourth-order valence-corrected chi connectivity index (χ4v) is 4.98. The van der Waals surface area contributed by atoms with Gasteiger partial charge in [-0.2, -0.15) is 0 Å². The molecule has 2 aliphatic rings. The minimum atomic E-state index is 0.627. The predicted octanol–water partition coefficient (Wildman–Crippen LogP) is 5.99. The van der Waals surface area contributed by atoms with Crippen molar-refractivity contribution < 1.29 is 0 Å². The highest BCUT2D eigenvalue weighted by Gasteiger charge is 2.31. The molecule has 1 saturated heterocycles. The molecule has 122 valence electrons. The number of halogens is 1. The minimum absolute atomic E-state index is 0.627. The first-order valence-electron chi connectivity index (χ1n) is 9.23. The quantitative estimate of drug-likeness (QED) is 0.634. The first-order valence-corrected chi connectivity index (χ1v) is 10.0. The van der Waals surface area contributed by atoms with Crippen molar-refractivity contribution in [2.24, 2.45) is 5.92 Å². The average Bonchev–Trinajstić information content (AvgIpc) is 2.56. The van der Waals surface area contributed by atoms with Gasteiger partial charge in [0.15, 0.2) is 0 Å². The summed E-state index contributed by atoms with van der Waals surface area (Å²) in [5, 5.41) is 0. The molecule has 0 spiro atoms. The van der Waals surface area contributed by atoms with E-state index in [0.29, 0.717) is 5.92 Å². The van der Waals surface area contributed by atoms with Gasteiger partial charge in [-0.25, -0.2) is 0 Å². The van der Waals surface area contributed by atoms with Gasteiger partial charge in [-0.1, -0.05) is 60.7 Å². The Morgan fingerprint density at radius 1 is 1.09 bits per heavy atom. The topological polar surface area (TPSA) is 3.24 Å². The van der Waals surface area contributed by atoms with E-state index >= 15 is 0 Å². The van der Waals surface area contributed by atoms with Crippen LogP contribution < -0.4 is 0 Å². The summed E-state index contributed by atoms with van der Waals surface area (Å²) in [5.74, 6) is 1.60. The molecule has 0 radical (unpaired) electrons. The standard InChI is InChI=1S/C20H30BrN/c1-16(18-10-7-11-19(21)14-18)15-22-13-6-5-12-20(22)17-8-3-2-4-9-17/h7,10-11,14,16-17,20H,2-6,8-9,12-13,15H2,1H3. The van der Waals surface area contributed by atoms with Crippen LogP contribution in [0.25, 0.3) is 0 Å². The number of nitrogens with zero attached hydrogens (tertiary/aromatic N) is 1. The van der Waals surface area contributed by atoms with Gasteiger partial charge in [0.2, 0.25) is 0 Å². The molecule has 0 bridgehead atoms. The SMILES string of the molecule is CC(CN1CCCCC1C1CCCCC1)c1cccc(Br)c1. The van der Waals surface area contributed by atoms with Crippen LogP contribution in [-0.2, 0) is 0 Å². The van der Waals surface area contributed by atoms with Crippen LogP contribution in [0, 0.1) is 5.92 Å². The molecular weight excluding hydrogens is 334 g/mol. The van der Waals surface area contributed by atoms with Crippen LogP contribution in [0.3, 0.4) is 0 Å². The maximum absolute atomic E-state index is 3.62. The van der Waals surface area contributed by atoms with Crippen LogP contribution in [0.5, 0.6) is 0 Å². The van der Waals surface area contributed by atoms with Gasteiger partial charge in [0.1, 0.15) is 0 Å². The Morgan fingerprint density at radius 3 is 2.64 bits per heavy atom. The monoisotopic (exact) mass is 363 g/mol. The van der Waals surface area contributed by atoms with Gasteiger partial charge in [0.05, 0.1) is 0 Å². The van der Waals surface area contributed by atoms with Crippen LogP contribution in [0.1, 0.15) is 69.8 Å². The summed E-state index contributed by atoms with van der Waals surface area (Å²) >= 11 is 3.62. The molecule has 1 aromatic rings. The molecular formula is C20H30BrN. The van der Waals surface area contributed by atoms with Crippen LogP contribution in [0.4, 0.5) is 0 Å². The molecule has 1 nitrogen and oxygen atoms in total. The van der Waals surface area contributed by atoms with E-state index < -0.39 is 0 Å². The zero-order valence-corrected chi connectivity index (χ0v) is 15.5. The van der Waals surface area contributed by atoms with E-state index in [-0.39, 0.29) is 0 Å². The molecule has 0 amide bonds. The summed E-state index contributed by atoms with van der Waals surface area (Å²) in [4.78, 5) is 2.84. The molecule has 1 aliphatic heterocycles. The first kappa shape index (κ1) is 16.5. The second-order valence-electron chi connectivity index (χ2n) is 7.41. The second-order valence-corrected chi connectivity index (χ2v) is 8.33. The molecule has 0 N–H and O–H groups in total. The number of likely N-dealkylation sites (tertiary alicyclic amines) is 1. The van der Waals surface area contributed by atoms with E-state index in [0.717, 1.165) is 12.0 Å². The summed E-state index contributed by atoms with van der Waals surface area (Å²) in [5.41, 5.74) is 1.47. The Morgan fingerprint density at radius 2 is 1.86 bits per heavy atom. The van der Waals surface area contributed by atoms with Gasteiger partial charge in [-0.3, -0.25) is 4.90 Å². The summed E-state index contributed by atoms with van der Waals surface area (Å²) in [6.45, 7) is 4.95. The number of hydrogen-bond acceptors (Lipinski definition) is 1. The third kappa shape index (κ3) is 4.14. The van der Waals surface area contributed by atoms with Crippen molar-refractivity contribution in [3.8, 4) is 0 Å². The van der Waals surface area contributed by atoms with Crippen LogP contribution in [0.15, 0.2) is 28.7 Å². The van der Waals surface area contributed by atoms with Gasteiger partial charge < -0.3 is 0 Å². The molecule has 22 heavy (non-hydrogen) atoms. The van der Waals surface area contributed by atoms with Gasteiger partial charge in [-0.05, 0) is 61.8 Å². The number of piperidine rings is 1. The lowest BCUT2D eigenvalue weighted by atomic mass is 9.79. The summed E-state index contributed by atoms with van der Waals surface area (Å²) in [6, 6.07) is 9.75. The molecule has 0 aromatic heterocycles. The Balaban J connectivity index is 1.65. The fraction of sp³-hybridized carbons (Fsp3) is 0.700. The molecule has 1 heterocycles. The number of rotatable bonds is 4. The van der Waals surface area contributed by atoms with Crippen LogP contribution in [-0.4, -0.2) is 24.0 Å². The molecule has 3 rings (SSSR count). The van der Waals surface area contributed by atoms with Gasteiger partial charge in [0, 0.05) is 17.1 Å². The minimum Gasteiger partial charge on any atom is -0.300 e. The van der Waals surface area contributed by atoms with E-state index in [2.05, 4.69) is 52.0 Å². The van der Waals surface area contributed by atoms with E-state index in [1.165, 1.54) is 74.5 Å². The van der Waals surface area contributed by atoms with Gasteiger partial charge >= 0.3 is 0 Å². The summed E-state index contributed by atoms with van der Waals surface area (Å²) < 4.78 is 1.21. The van der Waals surface area contributed by atoms with Crippen molar-refractivity contribution >= 4 is 15.9 Å². The highest BCUT2D eigenvalue weighted by molar-refractivity contribution is 9.10. The van der Waals surface area contributed by atoms with Crippen molar-refractivity contribution in [1.82, 2.24) is 4.90 Å². The fourth-order valence-electron chi connectivity index (χ4n) is 4.57. The molecule has 1 saturated carbocycles. The largest absolute Gasteiger partial charge is 0.300 e. The highest BCUT2D eigenvalue weighted by Crippen LogP contribution is 2.34. The maximum Gasteiger partial charge on any atom is 0.0178 e. The molecule has 2 fully saturated rings. The van der Waals surface area contributed by atoms with Gasteiger partial charge in [0.25, 0.3) is 0 Å². The van der Waals surface area contributed by atoms with Crippen molar-refractivity contribution in [2.75, 3.05) is 13.1 Å². The average molecular weight is 364 g/mol. The van der Waals surface area contributed by atoms with E-state index in [1.807, 2.05) is 0 Å². The van der Waals surface area contributed by atoms with Crippen molar-refractivity contribution in [3.05, 3.63) is 34.3 Å². The Hall–Kier alpha value is -0.340. The number of hydrogen-bond donors (Lipinski definition) is 0. The highest BCUT2D eigenvalue weighted by atomic mass is 79.9. The second kappa shape index (κ2) is 7.97. The number of benzene rings is 1. The third-order valence-corrected chi connectivity index (χ3v) is 6.28. The zero-order chi connectivity index (χ0) is 15.4. The lowest BCUT2D eigenvalue weighted by Gasteiger charge is -2.43. The van der Waals surface area contributed by atoms with E-state index in [1.54, 1.807) is 0 Å². The maximum atomic E-state index is 3.62. The molecule has 1 aliphatic carbocycles. The Bertz CT molecular complexity index is 467. The van der Waals surface area contributed by atoms with E-state index in [9.17, 15) is 0 Å². The van der Waals surface area contributed by atoms with Crippen molar-refractivity contribution in [1.29, 1.82) is 0 Å². The van der Waals surface area contributed by atoms with Gasteiger partial charge in [-0.15, -0.1) is 0 Å². The third-order valence-electron chi connectivity index (χ3n) is 5.78. The van der Waals surface area contributed by atoms with E-state index in [4.69, 9.17) is 0 Å². The van der Waals surface area contributed by atoms with Crippen LogP contribution in [0.2, 0.25) is 0 Å². The molecule has 2 unspecified atom stereocenters. The smallest absolute Gasteiger partial charge is 0.0178 e. The summed E-state index contributed by atoms with van der Waals surface area (Å²) in [6.07, 6.45) is 11.6. The lowest BCUT2D eigenvalue weighted by molar-refractivity contribution is 0.0769. The van der Waals surface area contributed by atoms with Crippen molar-refractivity contribution in [3.63, 3.8) is 0 Å². The zero-order valence-electron chi connectivity index (χ0n) is 13.9. The van der Waals surface area contributed by atoms with Crippen LogP contribution >= 0.6 is 15.9 Å².